The molecule has 0 aromatic carbocycles. The summed E-state index contributed by atoms with van der Waals surface area (Å²) in [5.74, 6) is 3.41. The number of thiophene rings is 1. The van der Waals surface area contributed by atoms with Gasteiger partial charge in [-0.05, 0) is 31.2 Å². The highest BCUT2D eigenvalue weighted by molar-refractivity contribution is 7.18. The SMILES string of the molecule is C#CCn1c(CCC)nc2sc3c(c2c1=O)CCC3. The fourth-order valence-electron chi connectivity index (χ4n) is 2.79. The number of hydrogen-bond donors (Lipinski definition) is 0. The largest absolute Gasteiger partial charge is 0.284 e. The lowest BCUT2D eigenvalue weighted by Crippen LogP contribution is -2.25. The minimum Gasteiger partial charge on any atom is -0.284 e. The quantitative estimate of drug-likeness (QED) is 0.805. The van der Waals surface area contributed by atoms with Crippen LogP contribution in [-0.2, 0) is 25.8 Å². The first-order chi connectivity index (χ1) is 9.26. The zero-order valence-electron chi connectivity index (χ0n) is 11.0. The summed E-state index contributed by atoms with van der Waals surface area (Å²) < 4.78 is 1.68. The predicted molar refractivity (Wildman–Crippen MR) is 78.7 cm³/mol. The average molecular weight is 272 g/mol. The molecule has 1 aliphatic rings. The summed E-state index contributed by atoms with van der Waals surface area (Å²) >= 11 is 1.69. The lowest BCUT2D eigenvalue weighted by atomic mass is 10.2. The van der Waals surface area contributed by atoms with Crippen LogP contribution in [0.3, 0.4) is 0 Å². The van der Waals surface area contributed by atoms with Crippen molar-refractivity contribution in [1.29, 1.82) is 0 Å². The number of nitrogens with zero attached hydrogens (tertiary/aromatic N) is 2. The normalized spacial score (nSPS) is 13.7. The Morgan fingerprint density at radius 1 is 1.47 bits per heavy atom. The summed E-state index contributed by atoms with van der Waals surface area (Å²) in [6.07, 6.45) is 10.4. The third-order valence-corrected chi connectivity index (χ3v) is 4.81. The van der Waals surface area contributed by atoms with Crippen LogP contribution < -0.4 is 5.56 Å². The molecule has 0 N–H and O–H groups in total. The zero-order valence-corrected chi connectivity index (χ0v) is 11.8. The van der Waals surface area contributed by atoms with E-state index in [4.69, 9.17) is 11.4 Å². The van der Waals surface area contributed by atoms with E-state index in [1.54, 1.807) is 15.9 Å². The van der Waals surface area contributed by atoms with Crippen molar-refractivity contribution in [3.05, 3.63) is 26.6 Å². The van der Waals surface area contributed by atoms with Gasteiger partial charge in [0.05, 0.1) is 11.9 Å². The maximum Gasteiger partial charge on any atom is 0.263 e. The summed E-state index contributed by atoms with van der Waals surface area (Å²) in [5, 5.41) is 0.826. The molecular weight excluding hydrogens is 256 g/mol. The lowest BCUT2D eigenvalue weighted by molar-refractivity contribution is 0.685. The molecule has 98 valence electrons. The van der Waals surface area contributed by atoms with Gasteiger partial charge in [0, 0.05) is 11.3 Å². The molecule has 2 aromatic rings. The van der Waals surface area contributed by atoms with Crippen molar-refractivity contribution in [3.8, 4) is 12.3 Å². The molecule has 3 nitrogen and oxygen atoms in total. The van der Waals surface area contributed by atoms with Crippen LogP contribution in [0.5, 0.6) is 0 Å². The zero-order chi connectivity index (χ0) is 13.4. The number of hydrogen-bond acceptors (Lipinski definition) is 3. The van der Waals surface area contributed by atoms with E-state index >= 15 is 0 Å². The standard InChI is InChI=1S/C15H16N2OS/c1-3-6-12-16-14-13(15(18)17(12)9-4-2)10-7-5-8-11(10)19-14/h2H,3,5-9H2,1H3. The first-order valence-corrected chi connectivity index (χ1v) is 7.55. The Kier molecular flexibility index (Phi) is 3.16. The van der Waals surface area contributed by atoms with Crippen LogP contribution in [-0.4, -0.2) is 9.55 Å². The Morgan fingerprint density at radius 2 is 2.32 bits per heavy atom. The number of terminal acetylenes is 1. The van der Waals surface area contributed by atoms with Crippen LogP contribution in [0.4, 0.5) is 0 Å². The van der Waals surface area contributed by atoms with Crippen LogP contribution in [0.1, 0.15) is 36.0 Å². The van der Waals surface area contributed by atoms with Crippen molar-refractivity contribution in [2.45, 2.75) is 45.6 Å². The van der Waals surface area contributed by atoms with E-state index in [2.05, 4.69) is 12.8 Å². The van der Waals surface area contributed by atoms with Gasteiger partial charge in [0.15, 0.2) is 0 Å². The Labute approximate surface area is 116 Å². The van der Waals surface area contributed by atoms with Gasteiger partial charge in [-0.15, -0.1) is 17.8 Å². The molecule has 1 aliphatic carbocycles. The molecule has 2 aromatic heterocycles. The van der Waals surface area contributed by atoms with Crippen molar-refractivity contribution in [3.63, 3.8) is 0 Å². The topological polar surface area (TPSA) is 34.9 Å². The van der Waals surface area contributed by atoms with E-state index in [1.165, 1.54) is 10.4 Å². The number of fused-ring (bicyclic) bond motifs is 3. The Morgan fingerprint density at radius 3 is 3.05 bits per heavy atom. The maximum atomic E-state index is 12.7. The van der Waals surface area contributed by atoms with E-state index in [-0.39, 0.29) is 5.56 Å². The highest BCUT2D eigenvalue weighted by Gasteiger charge is 2.22. The van der Waals surface area contributed by atoms with E-state index in [0.717, 1.165) is 48.1 Å². The maximum absolute atomic E-state index is 12.7. The summed E-state index contributed by atoms with van der Waals surface area (Å²) in [6, 6.07) is 0. The van der Waals surface area contributed by atoms with Gasteiger partial charge in [-0.3, -0.25) is 9.36 Å². The molecule has 0 unspecified atom stereocenters. The highest BCUT2D eigenvalue weighted by atomic mass is 32.1. The van der Waals surface area contributed by atoms with Gasteiger partial charge < -0.3 is 0 Å². The summed E-state index contributed by atoms with van der Waals surface area (Å²) in [7, 11) is 0. The van der Waals surface area contributed by atoms with E-state index in [0.29, 0.717) is 6.54 Å². The van der Waals surface area contributed by atoms with Gasteiger partial charge >= 0.3 is 0 Å². The van der Waals surface area contributed by atoms with Crippen molar-refractivity contribution in [2.24, 2.45) is 0 Å². The minimum absolute atomic E-state index is 0.0609. The van der Waals surface area contributed by atoms with Gasteiger partial charge in [0.1, 0.15) is 10.7 Å². The third-order valence-electron chi connectivity index (χ3n) is 3.63. The molecular formula is C15H16N2OS. The van der Waals surface area contributed by atoms with E-state index in [9.17, 15) is 4.79 Å². The molecule has 0 saturated heterocycles. The number of aryl methyl sites for hydroxylation is 3. The van der Waals surface area contributed by atoms with Crippen molar-refractivity contribution in [1.82, 2.24) is 9.55 Å². The van der Waals surface area contributed by atoms with Gasteiger partial charge in [-0.2, -0.15) is 0 Å². The fourth-order valence-corrected chi connectivity index (χ4v) is 4.06. The molecule has 0 spiro atoms. The monoisotopic (exact) mass is 272 g/mol. The van der Waals surface area contributed by atoms with E-state index in [1.807, 2.05) is 0 Å². The van der Waals surface area contributed by atoms with Crippen LogP contribution in [0.25, 0.3) is 10.2 Å². The Bertz CT molecular complexity index is 733. The first kappa shape index (κ1) is 12.4. The molecule has 0 atom stereocenters. The molecule has 0 amide bonds. The summed E-state index contributed by atoms with van der Waals surface area (Å²) in [5.41, 5.74) is 1.29. The third kappa shape index (κ3) is 1.89. The van der Waals surface area contributed by atoms with Crippen LogP contribution in [0.2, 0.25) is 0 Å². The molecule has 0 bridgehead atoms. The highest BCUT2D eigenvalue weighted by Crippen LogP contribution is 2.34. The molecule has 2 heterocycles. The van der Waals surface area contributed by atoms with Crippen LogP contribution >= 0.6 is 11.3 Å². The minimum atomic E-state index is 0.0609. The molecule has 0 saturated carbocycles. The molecule has 0 radical (unpaired) electrons. The second kappa shape index (κ2) is 4.82. The van der Waals surface area contributed by atoms with Crippen LogP contribution in [0.15, 0.2) is 4.79 Å². The smallest absolute Gasteiger partial charge is 0.263 e. The van der Waals surface area contributed by atoms with Crippen molar-refractivity contribution in [2.75, 3.05) is 0 Å². The van der Waals surface area contributed by atoms with Gasteiger partial charge in [0.25, 0.3) is 5.56 Å². The van der Waals surface area contributed by atoms with E-state index < -0.39 is 0 Å². The van der Waals surface area contributed by atoms with Gasteiger partial charge in [-0.1, -0.05) is 12.8 Å². The second-order valence-electron chi connectivity index (χ2n) is 4.91. The summed E-state index contributed by atoms with van der Waals surface area (Å²) in [6.45, 7) is 2.41. The first-order valence-electron chi connectivity index (χ1n) is 6.73. The fraction of sp³-hybridized carbons (Fsp3) is 0.467. The predicted octanol–water partition coefficient (Wildman–Crippen LogP) is 2.53. The lowest BCUT2D eigenvalue weighted by Gasteiger charge is -2.09. The molecule has 0 fully saturated rings. The molecule has 3 rings (SSSR count). The summed E-state index contributed by atoms with van der Waals surface area (Å²) in [4.78, 5) is 19.6. The number of aromatic nitrogens is 2. The van der Waals surface area contributed by atoms with Crippen LogP contribution in [0, 0.1) is 12.3 Å². The second-order valence-corrected chi connectivity index (χ2v) is 5.99. The molecule has 19 heavy (non-hydrogen) atoms. The number of rotatable bonds is 3. The Balaban J connectivity index is 2.31. The van der Waals surface area contributed by atoms with Gasteiger partial charge in [0.2, 0.25) is 0 Å². The van der Waals surface area contributed by atoms with Gasteiger partial charge in [-0.25, -0.2) is 4.98 Å². The Hall–Kier alpha value is -1.60. The molecule has 0 aliphatic heterocycles. The average Bonchev–Trinajstić information content (AvgIpc) is 2.94. The molecule has 4 heteroatoms. The van der Waals surface area contributed by atoms with Crippen molar-refractivity contribution >= 4 is 21.6 Å². The van der Waals surface area contributed by atoms with Crippen molar-refractivity contribution < 1.29 is 0 Å².